The van der Waals surface area contributed by atoms with E-state index in [0.29, 0.717) is 32.0 Å². The van der Waals surface area contributed by atoms with Crippen molar-refractivity contribution >= 4 is 17.7 Å². The van der Waals surface area contributed by atoms with Crippen LogP contribution in [-0.2, 0) is 14.3 Å². The molecule has 2 saturated heterocycles. The number of aryl methyl sites for hydroxylation is 1. The van der Waals surface area contributed by atoms with Crippen LogP contribution in [0.15, 0.2) is 35.1 Å². The summed E-state index contributed by atoms with van der Waals surface area (Å²) in [5, 5.41) is 0. The molecule has 2 aliphatic heterocycles. The maximum atomic E-state index is 13.4. The summed E-state index contributed by atoms with van der Waals surface area (Å²) in [5.74, 6) is -0.467. The Morgan fingerprint density at radius 1 is 1.26 bits per heavy atom. The second-order valence-electron chi connectivity index (χ2n) is 7.90. The number of amides is 3. The molecule has 4 rings (SSSR count). The number of carbonyl (C=O) groups is 3. The molecule has 1 aromatic carbocycles. The van der Waals surface area contributed by atoms with Crippen molar-refractivity contribution in [2.45, 2.75) is 25.9 Å². The van der Waals surface area contributed by atoms with Crippen molar-refractivity contribution in [1.29, 1.82) is 0 Å². The maximum Gasteiger partial charge on any atom is 0.277 e. The minimum atomic E-state index is -0.701. The van der Waals surface area contributed by atoms with Crippen molar-refractivity contribution in [3.05, 3.63) is 41.9 Å². The molecular weight excluding hydrogens is 400 g/mol. The first-order valence-electron chi connectivity index (χ1n) is 10.3. The third kappa shape index (κ3) is 3.81. The first-order valence-corrected chi connectivity index (χ1v) is 10.3. The van der Waals surface area contributed by atoms with E-state index in [-0.39, 0.29) is 24.1 Å². The number of piperazine rings is 2. The van der Waals surface area contributed by atoms with Gasteiger partial charge < -0.3 is 23.9 Å². The van der Waals surface area contributed by atoms with Gasteiger partial charge in [-0.2, -0.15) is 0 Å². The number of aromatic nitrogens is 1. The summed E-state index contributed by atoms with van der Waals surface area (Å²) < 4.78 is 10.6. The summed E-state index contributed by atoms with van der Waals surface area (Å²) in [4.78, 5) is 48.3. The van der Waals surface area contributed by atoms with Gasteiger partial charge in [0, 0.05) is 32.3 Å². The van der Waals surface area contributed by atoms with Gasteiger partial charge in [0.1, 0.15) is 12.1 Å². The van der Waals surface area contributed by atoms with E-state index < -0.39 is 18.0 Å². The lowest BCUT2D eigenvalue weighted by molar-refractivity contribution is -0.160. The molecule has 0 aliphatic carbocycles. The number of hydrogen-bond acceptors (Lipinski definition) is 6. The molecule has 3 heterocycles. The van der Waals surface area contributed by atoms with Gasteiger partial charge in [0.15, 0.2) is 17.8 Å². The molecule has 0 N–H and O–H groups in total. The van der Waals surface area contributed by atoms with Gasteiger partial charge >= 0.3 is 0 Å². The molecule has 2 fully saturated rings. The van der Waals surface area contributed by atoms with Crippen LogP contribution >= 0.6 is 0 Å². The van der Waals surface area contributed by atoms with Crippen LogP contribution in [0.4, 0.5) is 0 Å². The molecule has 2 atom stereocenters. The fourth-order valence-corrected chi connectivity index (χ4v) is 4.20. The van der Waals surface area contributed by atoms with Crippen LogP contribution < -0.4 is 0 Å². The molecule has 0 radical (unpaired) electrons. The van der Waals surface area contributed by atoms with Crippen molar-refractivity contribution < 1.29 is 23.5 Å². The molecule has 164 valence electrons. The topological polar surface area (TPSA) is 96.2 Å². The highest BCUT2D eigenvalue weighted by Gasteiger charge is 2.47. The van der Waals surface area contributed by atoms with Crippen LogP contribution in [0.25, 0.3) is 11.3 Å². The summed E-state index contributed by atoms with van der Waals surface area (Å²) in [6.45, 7) is 5.54. The van der Waals surface area contributed by atoms with Crippen LogP contribution in [-0.4, -0.2) is 89.4 Å². The molecule has 2 aliphatic rings. The van der Waals surface area contributed by atoms with Crippen molar-refractivity contribution in [1.82, 2.24) is 19.7 Å². The molecule has 3 amide bonds. The van der Waals surface area contributed by atoms with E-state index in [1.165, 1.54) is 11.3 Å². The highest BCUT2D eigenvalue weighted by molar-refractivity contribution is 6.02. The molecule has 1 aromatic heterocycles. The molecule has 9 heteroatoms. The minimum absolute atomic E-state index is 0.119. The van der Waals surface area contributed by atoms with E-state index >= 15 is 0 Å². The lowest BCUT2D eigenvalue weighted by Crippen LogP contribution is -2.70. The number of oxazole rings is 1. The number of hydrogen-bond donors (Lipinski definition) is 0. The van der Waals surface area contributed by atoms with Gasteiger partial charge in [-0.1, -0.05) is 23.8 Å². The molecule has 0 bridgehead atoms. The minimum Gasteiger partial charge on any atom is -0.443 e. The van der Waals surface area contributed by atoms with Crippen molar-refractivity contribution in [2.24, 2.45) is 0 Å². The number of carbonyl (C=O) groups excluding carboxylic acids is 3. The predicted octanol–water partition coefficient (Wildman–Crippen LogP) is 1.18. The quantitative estimate of drug-likeness (QED) is 0.712. The summed E-state index contributed by atoms with van der Waals surface area (Å²) in [5.41, 5.74) is 1.89. The van der Waals surface area contributed by atoms with Crippen LogP contribution in [0, 0.1) is 6.92 Å². The van der Waals surface area contributed by atoms with Crippen LogP contribution in [0.2, 0.25) is 0 Å². The van der Waals surface area contributed by atoms with E-state index in [1.54, 1.807) is 23.8 Å². The Labute approximate surface area is 180 Å². The van der Waals surface area contributed by atoms with Gasteiger partial charge in [-0.05, 0) is 19.9 Å². The molecule has 0 unspecified atom stereocenters. The Morgan fingerprint density at radius 3 is 2.81 bits per heavy atom. The monoisotopic (exact) mass is 426 g/mol. The van der Waals surface area contributed by atoms with Gasteiger partial charge in [-0.15, -0.1) is 0 Å². The van der Waals surface area contributed by atoms with E-state index in [0.717, 1.165) is 11.1 Å². The number of nitrogens with zero attached hydrogens (tertiary/aromatic N) is 4. The van der Waals surface area contributed by atoms with E-state index in [9.17, 15) is 14.4 Å². The van der Waals surface area contributed by atoms with E-state index in [4.69, 9.17) is 9.15 Å². The number of rotatable bonds is 5. The van der Waals surface area contributed by atoms with Crippen LogP contribution in [0.5, 0.6) is 0 Å². The first-order chi connectivity index (χ1) is 14.9. The second-order valence-corrected chi connectivity index (χ2v) is 7.90. The fourth-order valence-electron chi connectivity index (χ4n) is 4.20. The summed E-state index contributed by atoms with van der Waals surface area (Å²) >= 11 is 0. The highest BCUT2D eigenvalue weighted by atomic mass is 16.5. The molecule has 31 heavy (non-hydrogen) atoms. The average Bonchev–Trinajstić information content (AvgIpc) is 3.25. The zero-order valence-corrected chi connectivity index (χ0v) is 17.9. The Balaban J connectivity index is 1.60. The third-order valence-electron chi connectivity index (χ3n) is 5.94. The molecule has 0 saturated carbocycles. The largest absolute Gasteiger partial charge is 0.443 e. The summed E-state index contributed by atoms with van der Waals surface area (Å²) in [6, 6.07) is 6.18. The Kier molecular flexibility index (Phi) is 5.77. The van der Waals surface area contributed by atoms with Crippen LogP contribution in [0.1, 0.15) is 23.0 Å². The summed E-state index contributed by atoms with van der Waals surface area (Å²) in [6.07, 6.45) is 1.23. The molecule has 9 nitrogen and oxygen atoms in total. The standard InChI is InChI=1S/C22H26N4O5/c1-14-5-4-6-16(11-14)19-18(23-13-31-19)22(29)26-12-17-21(28)24(9-10-30-3)7-8-25(17)20(27)15(26)2/h4-6,11,13,15,17H,7-10,12H2,1-3H3/t15-,17-/m0/s1. The molecular formula is C22H26N4O5. The maximum absolute atomic E-state index is 13.4. The number of benzene rings is 1. The normalized spacial score (nSPS) is 21.5. The SMILES string of the molecule is COCCN1CCN2C(=O)[C@H](C)N(C(=O)c3ncoc3-c3cccc(C)c3)C[C@H]2C1=O. The van der Waals surface area contributed by atoms with Crippen LogP contribution in [0.3, 0.4) is 0 Å². The smallest absolute Gasteiger partial charge is 0.277 e. The van der Waals surface area contributed by atoms with Gasteiger partial charge in [-0.25, -0.2) is 4.98 Å². The first kappa shape index (κ1) is 21.0. The van der Waals surface area contributed by atoms with Gasteiger partial charge in [0.05, 0.1) is 13.2 Å². The Morgan fingerprint density at radius 2 is 2.06 bits per heavy atom. The average molecular weight is 426 g/mol. The number of fused-ring (bicyclic) bond motifs is 1. The zero-order valence-electron chi connectivity index (χ0n) is 17.9. The van der Waals surface area contributed by atoms with E-state index in [2.05, 4.69) is 4.98 Å². The molecule has 0 spiro atoms. The van der Waals surface area contributed by atoms with Gasteiger partial charge in [0.25, 0.3) is 5.91 Å². The molecule has 2 aromatic rings. The number of methoxy groups -OCH3 is 1. The fraction of sp³-hybridized carbons (Fsp3) is 0.455. The highest BCUT2D eigenvalue weighted by Crippen LogP contribution is 2.28. The zero-order chi connectivity index (χ0) is 22.1. The number of ether oxygens (including phenoxy) is 1. The van der Waals surface area contributed by atoms with Gasteiger partial charge in [0.2, 0.25) is 11.8 Å². The Hall–Kier alpha value is -3.20. The summed E-state index contributed by atoms with van der Waals surface area (Å²) in [7, 11) is 1.58. The Bertz CT molecular complexity index is 1000. The van der Waals surface area contributed by atoms with E-state index in [1.807, 2.05) is 31.2 Å². The van der Waals surface area contributed by atoms with Crippen molar-refractivity contribution in [3.63, 3.8) is 0 Å². The second kappa shape index (κ2) is 8.50. The lowest BCUT2D eigenvalue weighted by atomic mass is 10.0. The van der Waals surface area contributed by atoms with Crippen molar-refractivity contribution in [2.75, 3.05) is 39.9 Å². The van der Waals surface area contributed by atoms with Crippen molar-refractivity contribution in [3.8, 4) is 11.3 Å². The van der Waals surface area contributed by atoms with Gasteiger partial charge in [-0.3, -0.25) is 14.4 Å². The predicted molar refractivity (Wildman–Crippen MR) is 111 cm³/mol. The lowest BCUT2D eigenvalue weighted by Gasteiger charge is -2.48. The third-order valence-corrected chi connectivity index (χ3v) is 5.94.